The SMILES string of the molecule is CCN1CCOC(CNC)C1c1occc1Br. The largest absolute Gasteiger partial charge is 0.466 e. The zero-order chi connectivity index (χ0) is 12.3. The second-order valence-electron chi connectivity index (χ2n) is 4.17. The van der Waals surface area contributed by atoms with Crippen LogP contribution in [0.1, 0.15) is 18.7 Å². The van der Waals surface area contributed by atoms with Gasteiger partial charge in [0.05, 0.1) is 29.5 Å². The van der Waals surface area contributed by atoms with E-state index in [2.05, 4.69) is 33.1 Å². The van der Waals surface area contributed by atoms with E-state index in [1.165, 1.54) is 0 Å². The molecule has 0 aromatic carbocycles. The fourth-order valence-electron chi connectivity index (χ4n) is 2.36. The number of nitrogens with zero attached hydrogens (tertiary/aromatic N) is 1. The van der Waals surface area contributed by atoms with Crippen molar-refractivity contribution in [3.8, 4) is 0 Å². The number of furan rings is 1. The highest BCUT2D eigenvalue weighted by Crippen LogP contribution is 2.34. The maximum absolute atomic E-state index is 5.86. The highest BCUT2D eigenvalue weighted by atomic mass is 79.9. The van der Waals surface area contributed by atoms with Gasteiger partial charge in [0, 0.05) is 13.1 Å². The molecule has 4 nitrogen and oxygen atoms in total. The van der Waals surface area contributed by atoms with E-state index in [0.29, 0.717) is 0 Å². The first kappa shape index (κ1) is 13.1. The molecule has 0 spiro atoms. The van der Waals surface area contributed by atoms with Gasteiger partial charge in [-0.15, -0.1) is 0 Å². The van der Waals surface area contributed by atoms with E-state index in [0.717, 1.165) is 36.5 Å². The van der Waals surface area contributed by atoms with E-state index in [1.807, 2.05) is 13.1 Å². The van der Waals surface area contributed by atoms with Crippen LogP contribution in [0.3, 0.4) is 0 Å². The second kappa shape index (κ2) is 6.00. The van der Waals surface area contributed by atoms with Crippen LogP contribution < -0.4 is 5.32 Å². The molecule has 96 valence electrons. The highest BCUT2D eigenvalue weighted by Gasteiger charge is 2.35. The third kappa shape index (κ3) is 2.73. The lowest BCUT2D eigenvalue weighted by atomic mass is 10.0. The van der Waals surface area contributed by atoms with Crippen LogP contribution in [-0.4, -0.2) is 44.3 Å². The van der Waals surface area contributed by atoms with E-state index in [4.69, 9.17) is 9.15 Å². The molecule has 2 heterocycles. The van der Waals surface area contributed by atoms with Gasteiger partial charge in [-0.3, -0.25) is 4.90 Å². The van der Waals surface area contributed by atoms with E-state index < -0.39 is 0 Å². The van der Waals surface area contributed by atoms with E-state index in [-0.39, 0.29) is 12.1 Å². The van der Waals surface area contributed by atoms with Gasteiger partial charge in [-0.2, -0.15) is 0 Å². The van der Waals surface area contributed by atoms with Crippen LogP contribution in [0, 0.1) is 0 Å². The van der Waals surface area contributed by atoms with E-state index in [1.54, 1.807) is 6.26 Å². The summed E-state index contributed by atoms with van der Waals surface area (Å²) in [6.45, 7) is 5.74. The number of ether oxygens (including phenoxy) is 1. The lowest BCUT2D eigenvalue weighted by Crippen LogP contribution is -2.48. The van der Waals surface area contributed by atoms with Crippen molar-refractivity contribution in [3.05, 3.63) is 22.6 Å². The molecule has 5 heteroatoms. The number of hydrogen-bond donors (Lipinski definition) is 1. The molecule has 2 atom stereocenters. The summed E-state index contributed by atoms with van der Waals surface area (Å²) in [6.07, 6.45) is 1.86. The van der Waals surface area contributed by atoms with Crippen molar-refractivity contribution in [2.75, 3.05) is 33.3 Å². The van der Waals surface area contributed by atoms with Gasteiger partial charge >= 0.3 is 0 Å². The van der Waals surface area contributed by atoms with Crippen molar-refractivity contribution in [3.63, 3.8) is 0 Å². The van der Waals surface area contributed by atoms with Gasteiger partial charge in [-0.05, 0) is 35.6 Å². The Labute approximate surface area is 110 Å². The third-order valence-corrected chi connectivity index (χ3v) is 3.84. The minimum absolute atomic E-state index is 0.135. The van der Waals surface area contributed by atoms with Crippen molar-refractivity contribution in [1.82, 2.24) is 10.2 Å². The third-order valence-electron chi connectivity index (χ3n) is 3.18. The minimum atomic E-state index is 0.135. The van der Waals surface area contributed by atoms with E-state index in [9.17, 15) is 0 Å². The fourth-order valence-corrected chi connectivity index (χ4v) is 2.80. The Morgan fingerprint density at radius 3 is 3.00 bits per heavy atom. The number of halogens is 1. The van der Waals surface area contributed by atoms with Crippen LogP contribution in [0.25, 0.3) is 0 Å². The summed E-state index contributed by atoms with van der Waals surface area (Å²) in [7, 11) is 1.95. The van der Waals surface area contributed by atoms with Crippen molar-refractivity contribution in [2.24, 2.45) is 0 Å². The van der Waals surface area contributed by atoms with Gasteiger partial charge in [-0.1, -0.05) is 6.92 Å². The Morgan fingerprint density at radius 2 is 2.41 bits per heavy atom. The lowest BCUT2D eigenvalue weighted by Gasteiger charge is -2.39. The Bertz CT molecular complexity index is 354. The lowest BCUT2D eigenvalue weighted by molar-refractivity contribution is -0.0752. The summed E-state index contributed by atoms with van der Waals surface area (Å²) in [5.41, 5.74) is 0. The summed E-state index contributed by atoms with van der Waals surface area (Å²) in [5.74, 6) is 0.965. The smallest absolute Gasteiger partial charge is 0.137 e. The van der Waals surface area contributed by atoms with Crippen molar-refractivity contribution < 1.29 is 9.15 Å². The molecule has 0 bridgehead atoms. The maximum Gasteiger partial charge on any atom is 0.137 e. The van der Waals surface area contributed by atoms with Gasteiger partial charge < -0.3 is 14.5 Å². The fraction of sp³-hybridized carbons (Fsp3) is 0.667. The Hall–Kier alpha value is -0.360. The predicted molar refractivity (Wildman–Crippen MR) is 70.1 cm³/mol. The second-order valence-corrected chi connectivity index (χ2v) is 5.03. The topological polar surface area (TPSA) is 37.6 Å². The van der Waals surface area contributed by atoms with Gasteiger partial charge in [-0.25, -0.2) is 0 Å². The molecule has 17 heavy (non-hydrogen) atoms. The highest BCUT2D eigenvalue weighted by molar-refractivity contribution is 9.10. The summed E-state index contributed by atoms with van der Waals surface area (Å²) in [6, 6.07) is 2.12. The van der Waals surface area contributed by atoms with Gasteiger partial charge in [0.15, 0.2) is 0 Å². The summed E-state index contributed by atoms with van der Waals surface area (Å²) in [4.78, 5) is 2.40. The van der Waals surface area contributed by atoms with Gasteiger partial charge in [0.25, 0.3) is 0 Å². The van der Waals surface area contributed by atoms with Crippen LogP contribution in [0.2, 0.25) is 0 Å². The zero-order valence-electron chi connectivity index (χ0n) is 10.3. The number of hydrogen-bond acceptors (Lipinski definition) is 4. The summed E-state index contributed by atoms with van der Waals surface area (Å²) < 4.78 is 12.5. The quantitative estimate of drug-likeness (QED) is 0.923. The molecule has 1 N–H and O–H groups in total. The Balaban J connectivity index is 2.25. The standard InChI is InChI=1S/C12H19BrN2O2/c1-3-15-5-7-16-10(8-14-2)11(15)12-9(13)4-6-17-12/h4,6,10-11,14H,3,5,7-8H2,1-2H3. The molecule has 0 aliphatic carbocycles. The van der Waals surface area contributed by atoms with Crippen LogP contribution in [-0.2, 0) is 4.74 Å². The Kier molecular flexibility index (Phi) is 4.62. The molecular weight excluding hydrogens is 284 g/mol. The molecule has 0 amide bonds. The monoisotopic (exact) mass is 302 g/mol. The number of likely N-dealkylation sites (N-methyl/N-ethyl adjacent to an activating group) is 2. The van der Waals surface area contributed by atoms with Crippen molar-refractivity contribution in [1.29, 1.82) is 0 Å². The first-order valence-electron chi connectivity index (χ1n) is 6.01. The number of morpholine rings is 1. The molecule has 1 saturated heterocycles. The number of nitrogens with one attached hydrogen (secondary N) is 1. The van der Waals surface area contributed by atoms with Crippen LogP contribution in [0.5, 0.6) is 0 Å². The first-order valence-corrected chi connectivity index (χ1v) is 6.80. The normalized spacial score (nSPS) is 26.3. The maximum atomic E-state index is 5.86. The average Bonchev–Trinajstić information content (AvgIpc) is 2.75. The molecule has 0 saturated carbocycles. The molecule has 2 rings (SSSR count). The molecule has 1 aromatic heterocycles. The molecule has 0 radical (unpaired) electrons. The molecular formula is C12H19BrN2O2. The zero-order valence-corrected chi connectivity index (χ0v) is 11.9. The van der Waals surface area contributed by atoms with Crippen LogP contribution >= 0.6 is 15.9 Å². The average molecular weight is 303 g/mol. The van der Waals surface area contributed by atoms with Crippen molar-refractivity contribution >= 4 is 15.9 Å². The molecule has 1 aromatic rings. The number of rotatable bonds is 4. The molecule has 1 aliphatic heterocycles. The first-order chi connectivity index (χ1) is 8.27. The summed E-state index contributed by atoms with van der Waals surface area (Å²) >= 11 is 3.54. The summed E-state index contributed by atoms with van der Waals surface area (Å²) in [5, 5.41) is 3.18. The molecule has 1 aliphatic rings. The van der Waals surface area contributed by atoms with Crippen LogP contribution in [0.15, 0.2) is 21.2 Å². The van der Waals surface area contributed by atoms with E-state index >= 15 is 0 Å². The van der Waals surface area contributed by atoms with Crippen LogP contribution in [0.4, 0.5) is 0 Å². The van der Waals surface area contributed by atoms with Crippen molar-refractivity contribution in [2.45, 2.75) is 19.1 Å². The minimum Gasteiger partial charge on any atom is -0.466 e. The predicted octanol–water partition coefficient (Wildman–Crippen LogP) is 2.02. The Morgan fingerprint density at radius 1 is 1.59 bits per heavy atom. The van der Waals surface area contributed by atoms with Gasteiger partial charge in [0.2, 0.25) is 0 Å². The van der Waals surface area contributed by atoms with Gasteiger partial charge in [0.1, 0.15) is 5.76 Å². The molecule has 1 fully saturated rings. The molecule has 2 unspecified atom stereocenters.